The third-order valence-electron chi connectivity index (χ3n) is 5.13. The Kier molecular flexibility index (Phi) is 4.46. The van der Waals surface area contributed by atoms with Crippen LogP contribution in [0.5, 0.6) is 0 Å². The van der Waals surface area contributed by atoms with E-state index in [0.29, 0.717) is 11.8 Å². The molecule has 1 N–H and O–H groups in total. The molecule has 0 saturated carbocycles. The zero-order valence-corrected chi connectivity index (χ0v) is 13.1. The normalized spacial score (nSPS) is 33.4. The maximum atomic E-state index is 11.1. The molecular formula is C16H25NO2S. The largest absolute Gasteiger partial charge is 0.389 e. The van der Waals surface area contributed by atoms with Gasteiger partial charge in [-0.3, -0.25) is 4.90 Å². The minimum atomic E-state index is -0.477. The summed E-state index contributed by atoms with van der Waals surface area (Å²) in [5, 5.41) is 15.5. The van der Waals surface area contributed by atoms with Crippen LogP contribution in [-0.4, -0.2) is 41.9 Å². The fourth-order valence-corrected chi connectivity index (χ4v) is 4.47. The Morgan fingerprint density at radius 3 is 2.90 bits per heavy atom. The molecule has 2 unspecified atom stereocenters. The molecule has 0 radical (unpaired) electrons. The Balaban J connectivity index is 1.60. The van der Waals surface area contributed by atoms with Gasteiger partial charge in [-0.25, -0.2) is 0 Å². The molecule has 2 saturated heterocycles. The average Bonchev–Trinajstić information content (AvgIpc) is 2.97. The average molecular weight is 295 g/mol. The van der Waals surface area contributed by atoms with Crippen LogP contribution in [0.15, 0.2) is 16.8 Å². The fraction of sp³-hybridized carbons (Fsp3) is 0.750. The van der Waals surface area contributed by atoms with Crippen LogP contribution in [0.2, 0.25) is 0 Å². The van der Waals surface area contributed by atoms with Crippen molar-refractivity contribution < 1.29 is 9.84 Å². The van der Waals surface area contributed by atoms with E-state index in [1.54, 1.807) is 11.3 Å². The van der Waals surface area contributed by atoms with E-state index < -0.39 is 5.60 Å². The molecule has 1 aromatic heterocycles. The molecular weight excluding hydrogens is 270 g/mol. The lowest BCUT2D eigenvalue weighted by molar-refractivity contribution is -0.131. The van der Waals surface area contributed by atoms with Gasteiger partial charge in [-0.1, -0.05) is 6.92 Å². The predicted octanol–water partition coefficient (Wildman–Crippen LogP) is 2.75. The van der Waals surface area contributed by atoms with Crippen LogP contribution in [0.4, 0.5) is 0 Å². The summed E-state index contributed by atoms with van der Waals surface area (Å²) in [6.07, 6.45) is 2.94. The number of aliphatic hydroxyl groups is 1. The van der Waals surface area contributed by atoms with E-state index in [1.165, 1.54) is 5.56 Å². The Morgan fingerprint density at radius 2 is 2.25 bits per heavy atom. The van der Waals surface area contributed by atoms with E-state index >= 15 is 0 Å². The van der Waals surface area contributed by atoms with E-state index in [0.717, 1.165) is 52.1 Å². The van der Waals surface area contributed by atoms with Gasteiger partial charge in [-0.2, -0.15) is 11.3 Å². The van der Waals surface area contributed by atoms with Gasteiger partial charge >= 0.3 is 0 Å². The zero-order chi connectivity index (χ0) is 14.0. The number of hydrogen-bond donors (Lipinski definition) is 1. The van der Waals surface area contributed by atoms with E-state index in [1.807, 2.05) is 0 Å². The zero-order valence-electron chi connectivity index (χ0n) is 12.3. The molecule has 2 aliphatic rings. The van der Waals surface area contributed by atoms with E-state index in [9.17, 15) is 5.11 Å². The van der Waals surface area contributed by atoms with Gasteiger partial charge in [0.2, 0.25) is 0 Å². The first-order valence-corrected chi connectivity index (χ1v) is 8.66. The highest BCUT2D eigenvalue weighted by Gasteiger charge is 2.45. The molecule has 0 aromatic carbocycles. The van der Waals surface area contributed by atoms with Crippen LogP contribution in [0.1, 0.15) is 31.7 Å². The third kappa shape index (κ3) is 2.93. The first kappa shape index (κ1) is 14.5. The van der Waals surface area contributed by atoms with Gasteiger partial charge in [0.15, 0.2) is 0 Å². The standard InChI is InChI=1S/C16H25NO2S/c1-13-10-17(11-14-4-9-20-12-14)6-5-16(13,18)15-2-7-19-8-3-15/h4,9,12-13,15,18H,2-3,5-8,10-11H2,1H3. The summed E-state index contributed by atoms with van der Waals surface area (Å²) in [5.41, 5.74) is 0.924. The summed E-state index contributed by atoms with van der Waals surface area (Å²) in [7, 11) is 0. The van der Waals surface area contributed by atoms with Gasteiger partial charge in [0.05, 0.1) is 5.60 Å². The smallest absolute Gasteiger partial charge is 0.0727 e. The van der Waals surface area contributed by atoms with E-state index in [-0.39, 0.29) is 0 Å². The van der Waals surface area contributed by atoms with Gasteiger partial charge in [0, 0.05) is 32.8 Å². The topological polar surface area (TPSA) is 32.7 Å². The summed E-state index contributed by atoms with van der Waals surface area (Å²) < 4.78 is 5.44. The van der Waals surface area contributed by atoms with Crippen LogP contribution in [0, 0.1) is 11.8 Å². The molecule has 2 atom stereocenters. The van der Waals surface area contributed by atoms with Gasteiger partial charge in [0.1, 0.15) is 0 Å². The number of ether oxygens (including phenoxy) is 1. The summed E-state index contributed by atoms with van der Waals surface area (Å²) in [6, 6.07) is 2.20. The van der Waals surface area contributed by atoms with Crippen molar-refractivity contribution in [1.82, 2.24) is 4.90 Å². The van der Waals surface area contributed by atoms with E-state index in [2.05, 4.69) is 28.7 Å². The molecule has 112 valence electrons. The third-order valence-corrected chi connectivity index (χ3v) is 5.86. The second-order valence-corrected chi connectivity index (χ2v) is 7.18. The molecule has 20 heavy (non-hydrogen) atoms. The maximum absolute atomic E-state index is 11.1. The van der Waals surface area contributed by atoms with Crippen molar-refractivity contribution in [1.29, 1.82) is 0 Å². The first-order valence-electron chi connectivity index (χ1n) is 7.72. The number of nitrogens with zero attached hydrogens (tertiary/aromatic N) is 1. The summed E-state index contributed by atoms with van der Waals surface area (Å²) >= 11 is 1.76. The summed E-state index contributed by atoms with van der Waals surface area (Å²) in [6.45, 7) is 6.89. The lowest BCUT2D eigenvalue weighted by atomic mass is 9.70. The number of hydrogen-bond acceptors (Lipinski definition) is 4. The van der Waals surface area contributed by atoms with Crippen LogP contribution < -0.4 is 0 Å². The molecule has 2 aliphatic heterocycles. The van der Waals surface area contributed by atoms with E-state index in [4.69, 9.17) is 4.74 Å². The highest BCUT2D eigenvalue weighted by atomic mass is 32.1. The van der Waals surface area contributed by atoms with Gasteiger partial charge < -0.3 is 9.84 Å². The van der Waals surface area contributed by atoms with Crippen molar-refractivity contribution >= 4 is 11.3 Å². The van der Waals surface area contributed by atoms with Crippen molar-refractivity contribution in [2.24, 2.45) is 11.8 Å². The second kappa shape index (κ2) is 6.14. The monoisotopic (exact) mass is 295 g/mol. The quantitative estimate of drug-likeness (QED) is 0.931. The van der Waals surface area contributed by atoms with Crippen LogP contribution in [0.3, 0.4) is 0 Å². The van der Waals surface area contributed by atoms with Crippen LogP contribution in [0.25, 0.3) is 0 Å². The van der Waals surface area contributed by atoms with Gasteiger partial charge in [-0.15, -0.1) is 0 Å². The predicted molar refractivity (Wildman–Crippen MR) is 81.9 cm³/mol. The SMILES string of the molecule is CC1CN(Cc2ccsc2)CCC1(O)C1CCOCC1. The number of piperidine rings is 1. The molecule has 3 rings (SSSR count). The van der Waals surface area contributed by atoms with Crippen molar-refractivity contribution in [3.05, 3.63) is 22.4 Å². The van der Waals surface area contributed by atoms with Crippen molar-refractivity contribution in [2.45, 2.75) is 38.3 Å². The molecule has 1 aromatic rings. The van der Waals surface area contributed by atoms with Crippen molar-refractivity contribution in [2.75, 3.05) is 26.3 Å². The maximum Gasteiger partial charge on any atom is 0.0727 e. The highest BCUT2D eigenvalue weighted by Crippen LogP contribution is 2.39. The number of thiophene rings is 1. The second-order valence-electron chi connectivity index (χ2n) is 6.40. The number of rotatable bonds is 3. The van der Waals surface area contributed by atoms with Crippen LogP contribution in [-0.2, 0) is 11.3 Å². The Morgan fingerprint density at radius 1 is 1.45 bits per heavy atom. The molecule has 0 bridgehead atoms. The lowest BCUT2D eigenvalue weighted by Gasteiger charge is -2.48. The first-order chi connectivity index (χ1) is 9.68. The van der Waals surface area contributed by atoms with Crippen LogP contribution >= 0.6 is 11.3 Å². The molecule has 0 aliphatic carbocycles. The fourth-order valence-electron chi connectivity index (χ4n) is 3.81. The molecule has 3 heterocycles. The minimum Gasteiger partial charge on any atom is -0.389 e. The Bertz CT molecular complexity index is 416. The Hall–Kier alpha value is -0.420. The van der Waals surface area contributed by atoms with Crippen molar-refractivity contribution in [3.63, 3.8) is 0 Å². The molecule has 0 amide bonds. The molecule has 2 fully saturated rings. The molecule has 3 nitrogen and oxygen atoms in total. The number of likely N-dealkylation sites (tertiary alicyclic amines) is 1. The highest BCUT2D eigenvalue weighted by molar-refractivity contribution is 7.07. The summed E-state index contributed by atoms with van der Waals surface area (Å²) in [5.74, 6) is 0.771. The van der Waals surface area contributed by atoms with Gasteiger partial charge in [-0.05, 0) is 53.5 Å². The van der Waals surface area contributed by atoms with Gasteiger partial charge in [0.25, 0.3) is 0 Å². The molecule has 0 spiro atoms. The Labute approximate surface area is 125 Å². The summed E-state index contributed by atoms with van der Waals surface area (Å²) in [4.78, 5) is 2.49. The van der Waals surface area contributed by atoms with Crippen molar-refractivity contribution in [3.8, 4) is 0 Å². The molecule has 4 heteroatoms. The lowest BCUT2D eigenvalue weighted by Crippen LogP contribution is -2.55. The minimum absolute atomic E-state index is 0.345.